The van der Waals surface area contributed by atoms with Gasteiger partial charge in [-0.15, -0.1) is 0 Å². The summed E-state index contributed by atoms with van der Waals surface area (Å²) in [4.78, 5) is 8.95. The fraction of sp³-hybridized carbons (Fsp3) is 0.125. The number of rotatable bonds is 0. The molecule has 0 aliphatic rings. The zero-order valence-corrected chi connectivity index (χ0v) is 10.6. The van der Waals surface area contributed by atoms with E-state index in [0.717, 1.165) is 27.0 Å². The maximum Gasteiger partial charge on any atom is 0.0970 e. The first-order valence-corrected chi connectivity index (χ1v) is 5.98. The number of hydrogen-bond acceptors (Lipinski definition) is 2. The van der Waals surface area contributed by atoms with Crippen molar-refractivity contribution < 1.29 is 0 Å². The fourth-order valence-corrected chi connectivity index (χ4v) is 2.50. The van der Waals surface area contributed by atoms with Gasteiger partial charge in [0.15, 0.2) is 0 Å². The van der Waals surface area contributed by atoms with Crippen LogP contribution in [0.25, 0.3) is 34.0 Å². The van der Waals surface area contributed by atoms with Crippen molar-refractivity contribution in [1.82, 2.24) is 9.97 Å². The van der Waals surface area contributed by atoms with Gasteiger partial charge in [0.1, 0.15) is 0 Å². The van der Waals surface area contributed by atoms with E-state index in [2.05, 4.69) is 42.5 Å². The van der Waals surface area contributed by atoms with E-state index in [-0.39, 0.29) is 0 Å². The summed E-state index contributed by atoms with van der Waals surface area (Å²) in [5.41, 5.74) is 3.14. The molecular formula is C16H14N2. The number of fused-ring (bicyclic) bond motifs is 3. The first-order valence-electron chi connectivity index (χ1n) is 5.98. The molecule has 18 heavy (non-hydrogen) atoms. The molecule has 0 bridgehead atoms. The molecule has 0 aliphatic heterocycles. The fourth-order valence-electron chi connectivity index (χ4n) is 2.50. The first-order chi connectivity index (χ1) is 8.70. The van der Waals surface area contributed by atoms with E-state index < -0.39 is 0 Å². The molecule has 0 spiro atoms. The van der Waals surface area contributed by atoms with Crippen LogP contribution in [-0.2, 0) is 0 Å². The SMILES string of the molecule is C=c1c(=C(C)C)c2cccnc2c2ncccc12. The van der Waals surface area contributed by atoms with Gasteiger partial charge < -0.3 is 0 Å². The lowest BCUT2D eigenvalue weighted by Gasteiger charge is -2.06. The van der Waals surface area contributed by atoms with Gasteiger partial charge in [0.2, 0.25) is 0 Å². The monoisotopic (exact) mass is 234 g/mol. The second-order valence-corrected chi connectivity index (χ2v) is 4.65. The van der Waals surface area contributed by atoms with Crippen LogP contribution in [-0.4, -0.2) is 9.97 Å². The van der Waals surface area contributed by atoms with Gasteiger partial charge in [-0.3, -0.25) is 9.97 Å². The molecule has 0 N–H and O–H groups in total. The lowest BCUT2D eigenvalue weighted by atomic mass is 10.0. The highest BCUT2D eigenvalue weighted by Gasteiger charge is 2.06. The van der Waals surface area contributed by atoms with Crippen LogP contribution in [0, 0.1) is 0 Å². The van der Waals surface area contributed by atoms with Crippen LogP contribution in [0.2, 0.25) is 0 Å². The van der Waals surface area contributed by atoms with Crippen LogP contribution in [0.1, 0.15) is 13.8 Å². The Morgan fingerprint density at radius 3 is 2.11 bits per heavy atom. The van der Waals surface area contributed by atoms with Crippen molar-refractivity contribution in [3.05, 3.63) is 47.1 Å². The number of pyridine rings is 2. The van der Waals surface area contributed by atoms with Crippen molar-refractivity contribution in [3.63, 3.8) is 0 Å². The highest BCUT2D eigenvalue weighted by atomic mass is 14.7. The lowest BCUT2D eigenvalue weighted by molar-refractivity contribution is 1.36. The molecule has 2 heterocycles. The topological polar surface area (TPSA) is 25.8 Å². The highest BCUT2D eigenvalue weighted by Crippen LogP contribution is 2.15. The predicted molar refractivity (Wildman–Crippen MR) is 76.6 cm³/mol. The van der Waals surface area contributed by atoms with Gasteiger partial charge >= 0.3 is 0 Å². The van der Waals surface area contributed by atoms with Crippen molar-refractivity contribution >= 4 is 34.0 Å². The Labute approximate surface area is 105 Å². The summed E-state index contributed by atoms with van der Waals surface area (Å²) in [6.07, 6.45) is 3.62. The summed E-state index contributed by atoms with van der Waals surface area (Å²) < 4.78 is 0. The zero-order chi connectivity index (χ0) is 12.7. The van der Waals surface area contributed by atoms with Crippen molar-refractivity contribution in [1.29, 1.82) is 0 Å². The summed E-state index contributed by atoms with van der Waals surface area (Å²) in [5.74, 6) is 0. The molecule has 0 amide bonds. The van der Waals surface area contributed by atoms with E-state index in [0.29, 0.717) is 0 Å². The highest BCUT2D eigenvalue weighted by molar-refractivity contribution is 6.03. The van der Waals surface area contributed by atoms with E-state index in [4.69, 9.17) is 0 Å². The Balaban J connectivity index is 2.82. The first kappa shape index (κ1) is 10.9. The molecule has 0 radical (unpaired) electrons. The molecule has 3 rings (SSSR count). The number of benzene rings is 1. The summed E-state index contributed by atoms with van der Waals surface area (Å²) in [6.45, 7) is 8.45. The van der Waals surface area contributed by atoms with Gasteiger partial charge in [-0.25, -0.2) is 0 Å². The molecule has 0 saturated heterocycles. The standard InChI is InChI=1S/C16H14N2/c1-10(2)14-11(3)12-6-4-8-17-15(12)16-13(14)7-5-9-18-16/h4-9H,3H2,1-2H3. The van der Waals surface area contributed by atoms with Gasteiger partial charge in [0.25, 0.3) is 0 Å². The maximum atomic E-state index is 4.49. The number of hydrogen-bond donors (Lipinski definition) is 0. The second-order valence-electron chi connectivity index (χ2n) is 4.65. The predicted octanol–water partition coefficient (Wildman–Crippen LogP) is 2.38. The molecule has 1 aromatic carbocycles. The third kappa shape index (κ3) is 1.42. The smallest absolute Gasteiger partial charge is 0.0970 e. The van der Waals surface area contributed by atoms with Gasteiger partial charge in [0, 0.05) is 23.2 Å². The molecule has 3 aromatic rings. The normalized spacial score (nSPS) is 11.0. The van der Waals surface area contributed by atoms with Crippen molar-refractivity contribution in [2.75, 3.05) is 0 Å². The van der Waals surface area contributed by atoms with E-state index in [9.17, 15) is 0 Å². The van der Waals surface area contributed by atoms with Gasteiger partial charge in [-0.2, -0.15) is 0 Å². The average molecular weight is 234 g/mol. The van der Waals surface area contributed by atoms with Crippen LogP contribution in [0.5, 0.6) is 0 Å². The molecule has 2 heteroatoms. The van der Waals surface area contributed by atoms with E-state index in [1.165, 1.54) is 10.8 Å². The van der Waals surface area contributed by atoms with Gasteiger partial charge in [0.05, 0.1) is 11.0 Å². The summed E-state index contributed by atoms with van der Waals surface area (Å²) in [6, 6.07) is 8.06. The Morgan fingerprint density at radius 2 is 1.50 bits per heavy atom. The maximum absolute atomic E-state index is 4.49. The summed E-state index contributed by atoms with van der Waals surface area (Å²) in [7, 11) is 0. The molecule has 0 unspecified atom stereocenters. The van der Waals surface area contributed by atoms with E-state index >= 15 is 0 Å². The Kier molecular flexibility index (Phi) is 2.37. The van der Waals surface area contributed by atoms with Gasteiger partial charge in [-0.1, -0.05) is 24.3 Å². The molecule has 2 nitrogen and oxygen atoms in total. The minimum Gasteiger partial charge on any atom is -0.254 e. The summed E-state index contributed by atoms with van der Waals surface area (Å²) >= 11 is 0. The van der Waals surface area contributed by atoms with Crippen molar-refractivity contribution in [3.8, 4) is 0 Å². The van der Waals surface area contributed by atoms with Crippen molar-refractivity contribution in [2.24, 2.45) is 0 Å². The molecule has 0 aliphatic carbocycles. The third-order valence-electron chi connectivity index (χ3n) is 3.24. The van der Waals surface area contributed by atoms with Crippen molar-refractivity contribution in [2.45, 2.75) is 13.8 Å². The summed E-state index contributed by atoms with van der Waals surface area (Å²) in [5, 5.41) is 4.45. The minimum absolute atomic E-state index is 0.933. The second kappa shape index (κ2) is 3.91. The zero-order valence-electron chi connectivity index (χ0n) is 10.6. The van der Waals surface area contributed by atoms with Crippen LogP contribution >= 0.6 is 0 Å². The number of nitrogens with zero attached hydrogens (tertiary/aromatic N) is 2. The van der Waals surface area contributed by atoms with E-state index in [1.807, 2.05) is 18.3 Å². The Morgan fingerprint density at radius 1 is 0.944 bits per heavy atom. The van der Waals surface area contributed by atoms with Crippen LogP contribution in [0.15, 0.2) is 36.7 Å². The Hall–Kier alpha value is -2.22. The molecule has 0 atom stereocenters. The Bertz CT molecular complexity index is 859. The lowest BCUT2D eigenvalue weighted by Crippen LogP contribution is -2.27. The average Bonchev–Trinajstić information content (AvgIpc) is 2.39. The molecule has 0 fully saturated rings. The van der Waals surface area contributed by atoms with Crippen LogP contribution in [0.3, 0.4) is 0 Å². The van der Waals surface area contributed by atoms with Crippen LogP contribution < -0.4 is 10.4 Å². The van der Waals surface area contributed by atoms with Crippen LogP contribution in [0.4, 0.5) is 0 Å². The quantitative estimate of drug-likeness (QED) is 0.558. The molecule has 88 valence electrons. The molecule has 0 saturated carbocycles. The molecule has 2 aromatic heterocycles. The van der Waals surface area contributed by atoms with Gasteiger partial charge in [-0.05, 0) is 36.4 Å². The number of aromatic nitrogens is 2. The molecular weight excluding hydrogens is 220 g/mol. The minimum atomic E-state index is 0.933. The largest absolute Gasteiger partial charge is 0.254 e. The third-order valence-corrected chi connectivity index (χ3v) is 3.24. The van der Waals surface area contributed by atoms with E-state index in [1.54, 1.807) is 6.20 Å².